The molecule has 4 atom stereocenters. The molecule has 3 aromatic carbocycles. The van der Waals surface area contributed by atoms with Crippen LogP contribution in [0.25, 0.3) is 0 Å². The molecule has 4 unspecified atom stereocenters. The molecule has 0 saturated heterocycles. The summed E-state index contributed by atoms with van der Waals surface area (Å²) >= 11 is 0. The maximum absolute atomic E-state index is 12.2. The number of hydrogen-bond acceptors (Lipinski definition) is 2. The Kier molecular flexibility index (Phi) is 4.22. The normalized spacial score (nSPS) is 34.1. The number of ketones is 1. The molecule has 0 radical (unpaired) electrons. The molecule has 2 heteroatoms. The first kappa shape index (κ1) is 20.8. The molecule has 0 aromatic heterocycles. The van der Waals surface area contributed by atoms with E-state index in [0.29, 0.717) is 5.92 Å². The van der Waals surface area contributed by atoms with E-state index in [-0.39, 0.29) is 16.6 Å². The Labute approximate surface area is 213 Å². The second-order valence-corrected chi connectivity index (χ2v) is 11.6. The predicted molar refractivity (Wildman–Crippen MR) is 144 cm³/mol. The van der Waals surface area contributed by atoms with E-state index >= 15 is 0 Å². The average molecular weight is 470 g/mol. The van der Waals surface area contributed by atoms with Crippen LogP contribution in [0.15, 0.2) is 109 Å². The Bertz CT molecular complexity index is 1310. The summed E-state index contributed by atoms with van der Waals surface area (Å²) in [4.78, 5) is 14.6. The molecule has 178 valence electrons. The van der Waals surface area contributed by atoms with Crippen LogP contribution in [-0.2, 0) is 10.2 Å². The van der Waals surface area contributed by atoms with Gasteiger partial charge in [-0.1, -0.05) is 60.7 Å². The van der Waals surface area contributed by atoms with E-state index in [4.69, 9.17) is 0 Å². The van der Waals surface area contributed by atoms with Crippen LogP contribution in [0, 0.1) is 35.0 Å². The highest BCUT2D eigenvalue weighted by molar-refractivity contribution is 6.00. The van der Waals surface area contributed by atoms with Gasteiger partial charge in [0.05, 0.1) is 0 Å². The van der Waals surface area contributed by atoms with Crippen molar-refractivity contribution in [1.29, 1.82) is 0 Å². The predicted octanol–water partition coefficient (Wildman–Crippen LogP) is 7.77. The summed E-state index contributed by atoms with van der Waals surface area (Å²) in [7, 11) is 0. The van der Waals surface area contributed by atoms with Crippen molar-refractivity contribution in [3.05, 3.63) is 115 Å². The van der Waals surface area contributed by atoms with Gasteiger partial charge in [0.2, 0.25) is 0 Å². The number of rotatable bonds is 4. The molecular formula is C34H31NO. The van der Waals surface area contributed by atoms with Gasteiger partial charge in [-0.3, -0.25) is 4.79 Å². The number of para-hydroxylation sites is 2. The number of nitrogens with zero attached hydrogens (tertiary/aromatic N) is 1. The number of fused-ring (bicyclic) bond motifs is 2. The lowest BCUT2D eigenvalue weighted by molar-refractivity contribution is -0.110. The minimum atomic E-state index is 0.0125. The number of carbonyl (C=O) groups excluding carboxylic acids is 1. The molecule has 4 saturated carbocycles. The van der Waals surface area contributed by atoms with E-state index in [0.717, 1.165) is 23.7 Å². The van der Waals surface area contributed by atoms with Gasteiger partial charge in [0.25, 0.3) is 0 Å². The van der Waals surface area contributed by atoms with Crippen molar-refractivity contribution in [2.45, 2.75) is 31.1 Å². The highest BCUT2D eigenvalue weighted by Gasteiger charge is 2.81. The average Bonchev–Trinajstić information content (AvgIpc) is 3.57. The van der Waals surface area contributed by atoms with Crippen molar-refractivity contribution in [2.75, 3.05) is 4.90 Å². The van der Waals surface area contributed by atoms with Crippen LogP contribution in [0.1, 0.15) is 31.2 Å². The molecule has 0 N–H and O–H groups in total. The van der Waals surface area contributed by atoms with Crippen molar-refractivity contribution in [2.24, 2.45) is 35.0 Å². The smallest absolute Gasteiger partial charge is 0.178 e. The Morgan fingerprint density at radius 2 is 1.11 bits per heavy atom. The van der Waals surface area contributed by atoms with Crippen molar-refractivity contribution in [1.82, 2.24) is 0 Å². The number of allylic oxidation sites excluding steroid dienone is 4. The number of hydrogen-bond donors (Lipinski definition) is 0. The first-order chi connectivity index (χ1) is 17.7. The summed E-state index contributed by atoms with van der Waals surface area (Å²) in [5.41, 5.74) is 5.18. The second kappa shape index (κ2) is 7.32. The van der Waals surface area contributed by atoms with Crippen molar-refractivity contribution >= 4 is 22.8 Å². The van der Waals surface area contributed by atoms with Gasteiger partial charge in [0, 0.05) is 27.9 Å². The molecule has 2 nitrogen and oxygen atoms in total. The van der Waals surface area contributed by atoms with Gasteiger partial charge < -0.3 is 4.90 Å². The fourth-order valence-corrected chi connectivity index (χ4v) is 10.00. The number of benzene rings is 3. The largest absolute Gasteiger partial charge is 0.311 e. The summed E-state index contributed by atoms with van der Waals surface area (Å²) in [6.07, 6.45) is 13.9. The molecule has 4 fully saturated rings. The van der Waals surface area contributed by atoms with Crippen LogP contribution in [0.2, 0.25) is 0 Å². The first-order valence-electron chi connectivity index (χ1n) is 13.7. The minimum absolute atomic E-state index is 0.0125. The van der Waals surface area contributed by atoms with Gasteiger partial charge in [-0.25, -0.2) is 0 Å². The van der Waals surface area contributed by atoms with Crippen molar-refractivity contribution in [3.8, 4) is 0 Å². The zero-order chi connectivity index (χ0) is 23.9. The maximum atomic E-state index is 12.2. The number of anilines is 3. The van der Waals surface area contributed by atoms with Crippen LogP contribution >= 0.6 is 0 Å². The van der Waals surface area contributed by atoms with Crippen LogP contribution < -0.4 is 4.90 Å². The van der Waals surface area contributed by atoms with E-state index in [2.05, 4.69) is 102 Å². The third-order valence-electron chi connectivity index (χ3n) is 10.7. The quantitative estimate of drug-likeness (QED) is 0.389. The summed E-state index contributed by atoms with van der Waals surface area (Å²) in [5.74, 6) is 3.94. The zero-order valence-electron chi connectivity index (χ0n) is 20.5. The molecule has 5 aliphatic rings. The molecule has 8 rings (SSSR count). The molecule has 3 aromatic rings. The Balaban J connectivity index is 1.27. The van der Waals surface area contributed by atoms with E-state index in [1.807, 2.05) is 12.2 Å². The summed E-state index contributed by atoms with van der Waals surface area (Å²) in [6, 6.07) is 30.9. The minimum Gasteiger partial charge on any atom is -0.311 e. The van der Waals surface area contributed by atoms with Gasteiger partial charge in [0.1, 0.15) is 0 Å². The topological polar surface area (TPSA) is 20.3 Å². The molecule has 0 heterocycles. The van der Waals surface area contributed by atoms with Gasteiger partial charge in [0.15, 0.2) is 5.78 Å². The fraction of sp³-hybridized carbons (Fsp3) is 0.324. The fourth-order valence-electron chi connectivity index (χ4n) is 10.00. The van der Waals surface area contributed by atoms with Crippen LogP contribution in [0.3, 0.4) is 0 Å². The van der Waals surface area contributed by atoms with Crippen LogP contribution in [0.5, 0.6) is 0 Å². The van der Waals surface area contributed by atoms with Gasteiger partial charge in [-0.15, -0.1) is 0 Å². The van der Waals surface area contributed by atoms with Crippen LogP contribution in [-0.4, -0.2) is 5.78 Å². The summed E-state index contributed by atoms with van der Waals surface area (Å²) in [5, 5.41) is 0. The molecule has 5 aliphatic carbocycles. The van der Waals surface area contributed by atoms with Gasteiger partial charge in [-0.2, -0.15) is 0 Å². The lowest BCUT2D eigenvalue weighted by Gasteiger charge is -2.45. The Morgan fingerprint density at radius 1 is 0.611 bits per heavy atom. The van der Waals surface area contributed by atoms with E-state index in [9.17, 15) is 4.79 Å². The third kappa shape index (κ3) is 2.41. The summed E-state index contributed by atoms with van der Waals surface area (Å²) < 4.78 is 0. The van der Waals surface area contributed by atoms with Crippen molar-refractivity contribution in [3.63, 3.8) is 0 Å². The molecule has 0 amide bonds. The monoisotopic (exact) mass is 469 g/mol. The Morgan fingerprint density at radius 3 is 1.64 bits per heavy atom. The highest BCUT2D eigenvalue weighted by atomic mass is 16.1. The standard InChI is InChI=1S/C34H31NO/c36-27-19-21-33(22-20-27)32-28-15-16-29(32)31-18-17-30(28)34(31,33)23-11-13-26(14-12-23)35(24-7-3-1-4-8-24)25-9-5-2-6-10-25/h1-14,19-22,28-32H,15-18H2. The van der Waals surface area contributed by atoms with Crippen LogP contribution in [0.4, 0.5) is 17.1 Å². The molecular weight excluding hydrogens is 438 g/mol. The van der Waals surface area contributed by atoms with Crippen molar-refractivity contribution < 1.29 is 4.79 Å². The van der Waals surface area contributed by atoms with E-state index in [1.54, 1.807) is 0 Å². The third-order valence-corrected chi connectivity index (χ3v) is 10.7. The molecule has 0 aliphatic heterocycles. The lowest BCUT2D eigenvalue weighted by atomic mass is 9.57. The van der Waals surface area contributed by atoms with E-state index in [1.165, 1.54) is 48.3 Å². The molecule has 36 heavy (non-hydrogen) atoms. The number of carbonyl (C=O) groups is 1. The maximum Gasteiger partial charge on any atom is 0.178 e. The van der Waals surface area contributed by atoms with E-state index < -0.39 is 0 Å². The SMILES string of the molecule is O=C1C=CC2(C=C1)C1C3CCC1C1CCC3C12c1ccc(N(c2ccccc2)c2ccccc2)cc1. The van der Waals surface area contributed by atoms with Gasteiger partial charge in [-0.05, 0) is 109 Å². The second-order valence-electron chi connectivity index (χ2n) is 11.6. The summed E-state index contributed by atoms with van der Waals surface area (Å²) in [6.45, 7) is 0. The molecule has 2 bridgehead atoms. The first-order valence-corrected chi connectivity index (χ1v) is 13.7. The zero-order valence-corrected chi connectivity index (χ0v) is 20.5. The Hall–Kier alpha value is -3.39. The van der Waals surface area contributed by atoms with Gasteiger partial charge >= 0.3 is 0 Å². The highest BCUT2D eigenvalue weighted by Crippen LogP contribution is 2.84. The lowest BCUT2D eigenvalue weighted by Crippen LogP contribution is -2.44. The molecule has 1 spiro atoms.